The fourth-order valence-electron chi connectivity index (χ4n) is 1.60. The largest absolute Gasteiger partial charge is 0.338 e. The van der Waals surface area contributed by atoms with E-state index in [0.717, 1.165) is 25.4 Å². The summed E-state index contributed by atoms with van der Waals surface area (Å²) >= 11 is 0. The molecule has 86 valence electrons. The zero-order valence-corrected chi connectivity index (χ0v) is 10.3. The summed E-state index contributed by atoms with van der Waals surface area (Å²) in [5.74, 6) is 2.55. The minimum absolute atomic E-state index is 0.643. The van der Waals surface area contributed by atoms with Gasteiger partial charge in [-0.25, -0.2) is 4.98 Å². The molecule has 0 aliphatic carbocycles. The van der Waals surface area contributed by atoms with Gasteiger partial charge in [0.1, 0.15) is 5.82 Å². The Morgan fingerprint density at radius 3 is 2.60 bits per heavy atom. The molecule has 0 saturated heterocycles. The van der Waals surface area contributed by atoms with Gasteiger partial charge in [-0.3, -0.25) is 0 Å². The molecule has 0 aliphatic rings. The molecule has 0 saturated carbocycles. The lowest BCUT2D eigenvalue weighted by Gasteiger charge is -2.13. The first-order valence-corrected chi connectivity index (χ1v) is 5.76. The van der Waals surface area contributed by atoms with Gasteiger partial charge in [0, 0.05) is 25.9 Å². The van der Waals surface area contributed by atoms with Crippen LogP contribution in [0.5, 0.6) is 0 Å². The first-order chi connectivity index (χ1) is 7.09. The smallest absolute Gasteiger partial charge is 0.108 e. The lowest BCUT2D eigenvalue weighted by atomic mass is 10.1. The van der Waals surface area contributed by atoms with Crippen molar-refractivity contribution in [3.8, 4) is 0 Å². The summed E-state index contributed by atoms with van der Waals surface area (Å²) in [7, 11) is 2.05. The molecule has 0 aromatic carbocycles. The molecule has 1 rings (SSSR count). The molecule has 1 heterocycles. The lowest BCUT2D eigenvalue weighted by molar-refractivity contribution is 0.463. The standard InChI is InChI=1S/C12H23N3/c1-10(2)8-13-9-11(3)7-12-14-5-6-15(12)4/h5-6,10-11,13H,7-9H2,1-4H3. The molecule has 1 unspecified atom stereocenters. The third kappa shape index (κ3) is 4.47. The van der Waals surface area contributed by atoms with Gasteiger partial charge in [0.25, 0.3) is 0 Å². The third-order valence-corrected chi connectivity index (χ3v) is 2.50. The molecule has 1 aromatic rings. The van der Waals surface area contributed by atoms with Gasteiger partial charge in [0.2, 0.25) is 0 Å². The third-order valence-electron chi connectivity index (χ3n) is 2.50. The average molecular weight is 209 g/mol. The highest BCUT2D eigenvalue weighted by atomic mass is 15.0. The van der Waals surface area contributed by atoms with E-state index < -0.39 is 0 Å². The van der Waals surface area contributed by atoms with Crippen molar-refractivity contribution in [2.24, 2.45) is 18.9 Å². The highest BCUT2D eigenvalue weighted by Gasteiger charge is 2.06. The molecule has 15 heavy (non-hydrogen) atoms. The molecule has 0 radical (unpaired) electrons. The molecule has 0 amide bonds. The second-order valence-electron chi connectivity index (χ2n) is 4.82. The van der Waals surface area contributed by atoms with Crippen LogP contribution in [-0.2, 0) is 13.5 Å². The van der Waals surface area contributed by atoms with Crippen LogP contribution in [-0.4, -0.2) is 22.6 Å². The zero-order chi connectivity index (χ0) is 11.3. The van der Waals surface area contributed by atoms with Crippen molar-refractivity contribution in [1.29, 1.82) is 0 Å². The maximum absolute atomic E-state index is 4.33. The van der Waals surface area contributed by atoms with E-state index in [-0.39, 0.29) is 0 Å². The summed E-state index contributed by atoms with van der Waals surface area (Å²) < 4.78 is 2.10. The second kappa shape index (κ2) is 5.91. The predicted octanol–water partition coefficient (Wildman–Crippen LogP) is 1.84. The topological polar surface area (TPSA) is 29.9 Å². The number of hydrogen-bond donors (Lipinski definition) is 1. The maximum atomic E-state index is 4.33. The Kier molecular flexibility index (Phi) is 4.82. The molecule has 1 aromatic heterocycles. The van der Waals surface area contributed by atoms with E-state index in [9.17, 15) is 0 Å². The first kappa shape index (κ1) is 12.2. The van der Waals surface area contributed by atoms with Gasteiger partial charge in [-0.15, -0.1) is 0 Å². The molecular formula is C12H23N3. The second-order valence-corrected chi connectivity index (χ2v) is 4.82. The number of aromatic nitrogens is 2. The fourth-order valence-corrected chi connectivity index (χ4v) is 1.60. The van der Waals surface area contributed by atoms with Crippen LogP contribution in [0.2, 0.25) is 0 Å². The SMILES string of the molecule is CC(C)CNCC(C)Cc1nccn1C. The Hall–Kier alpha value is -0.830. The number of nitrogens with zero attached hydrogens (tertiary/aromatic N) is 2. The van der Waals surface area contributed by atoms with Crippen molar-refractivity contribution in [3.63, 3.8) is 0 Å². The highest BCUT2D eigenvalue weighted by molar-refractivity contribution is 4.92. The number of rotatable bonds is 6. The summed E-state index contributed by atoms with van der Waals surface area (Å²) in [4.78, 5) is 4.33. The number of hydrogen-bond acceptors (Lipinski definition) is 2. The maximum Gasteiger partial charge on any atom is 0.108 e. The summed E-state index contributed by atoms with van der Waals surface area (Å²) in [6.45, 7) is 8.91. The molecule has 1 N–H and O–H groups in total. The van der Waals surface area contributed by atoms with E-state index >= 15 is 0 Å². The average Bonchev–Trinajstić information content (AvgIpc) is 2.51. The monoisotopic (exact) mass is 209 g/mol. The quantitative estimate of drug-likeness (QED) is 0.775. The minimum Gasteiger partial charge on any atom is -0.338 e. The predicted molar refractivity (Wildman–Crippen MR) is 63.8 cm³/mol. The Morgan fingerprint density at radius 1 is 1.33 bits per heavy atom. The van der Waals surface area contributed by atoms with Crippen LogP contribution in [0.1, 0.15) is 26.6 Å². The van der Waals surface area contributed by atoms with E-state index in [1.165, 1.54) is 5.82 Å². The normalized spacial score (nSPS) is 13.4. The van der Waals surface area contributed by atoms with E-state index in [4.69, 9.17) is 0 Å². The summed E-state index contributed by atoms with van der Waals surface area (Å²) in [5.41, 5.74) is 0. The van der Waals surface area contributed by atoms with E-state index in [0.29, 0.717) is 5.92 Å². The van der Waals surface area contributed by atoms with Gasteiger partial charge in [0.15, 0.2) is 0 Å². The molecule has 3 heteroatoms. The van der Waals surface area contributed by atoms with Crippen LogP contribution >= 0.6 is 0 Å². The van der Waals surface area contributed by atoms with Crippen molar-refractivity contribution >= 4 is 0 Å². The van der Waals surface area contributed by atoms with Crippen molar-refractivity contribution in [3.05, 3.63) is 18.2 Å². The summed E-state index contributed by atoms with van der Waals surface area (Å²) in [6, 6.07) is 0. The molecule has 1 atom stereocenters. The van der Waals surface area contributed by atoms with Crippen LogP contribution in [0.25, 0.3) is 0 Å². The van der Waals surface area contributed by atoms with Crippen molar-refractivity contribution in [2.45, 2.75) is 27.2 Å². The Morgan fingerprint density at radius 2 is 2.07 bits per heavy atom. The van der Waals surface area contributed by atoms with E-state index in [2.05, 4.69) is 42.7 Å². The minimum atomic E-state index is 0.643. The van der Waals surface area contributed by atoms with Crippen molar-refractivity contribution in [1.82, 2.24) is 14.9 Å². The van der Waals surface area contributed by atoms with Gasteiger partial charge in [-0.1, -0.05) is 20.8 Å². The number of aryl methyl sites for hydroxylation is 1. The van der Waals surface area contributed by atoms with Gasteiger partial charge >= 0.3 is 0 Å². The summed E-state index contributed by atoms with van der Waals surface area (Å²) in [5, 5.41) is 3.48. The first-order valence-electron chi connectivity index (χ1n) is 5.76. The molecule has 0 aliphatic heterocycles. The van der Waals surface area contributed by atoms with Gasteiger partial charge in [-0.05, 0) is 24.9 Å². The van der Waals surface area contributed by atoms with E-state index in [1.54, 1.807) is 0 Å². The van der Waals surface area contributed by atoms with Gasteiger partial charge in [0.05, 0.1) is 0 Å². The zero-order valence-electron chi connectivity index (χ0n) is 10.3. The Balaban J connectivity index is 2.24. The van der Waals surface area contributed by atoms with Gasteiger partial charge < -0.3 is 9.88 Å². The number of nitrogens with one attached hydrogen (secondary N) is 1. The van der Waals surface area contributed by atoms with Crippen LogP contribution in [0.4, 0.5) is 0 Å². The Bertz CT molecular complexity index is 278. The van der Waals surface area contributed by atoms with Crippen LogP contribution < -0.4 is 5.32 Å². The molecule has 0 spiro atoms. The van der Waals surface area contributed by atoms with Crippen LogP contribution in [0.15, 0.2) is 12.4 Å². The van der Waals surface area contributed by atoms with Gasteiger partial charge in [-0.2, -0.15) is 0 Å². The van der Waals surface area contributed by atoms with Crippen LogP contribution in [0.3, 0.4) is 0 Å². The van der Waals surface area contributed by atoms with Crippen LogP contribution in [0, 0.1) is 11.8 Å². The Labute approximate surface area is 92.9 Å². The highest BCUT2D eigenvalue weighted by Crippen LogP contribution is 2.04. The molecule has 3 nitrogen and oxygen atoms in total. The molecule has 0 fully saturated rings. The molecule has 0 bridgehead atoms. The van der Waals surface area contributed by atoms with Crippen molar-refractivity contribution < 1.29 is 0 Å². The fraction of sp³-hybridized carbons (Fsp3) is 0.750. The summed E-state index contributed by atoms with van der Waals surface area (Å²) in [6.07, 6.45) is 4.92. The number of imidazole rings is 1. The lowest BCUT2D eigenvalue weighted by Crippen LogP contribution is -2.26. The van der Waals surface area contributed by atoms with E-state index in [1.807, 2.05) is 12.4 Å². The van der Waals surface area contributed by atoms with Crippen molar-refractivity contribution in [2.75, 3.05) is 13.1 Å². The molecular weight excluding hydrogens is 186 g/mol.